The molecule has 1 atom stereocenters. The summed E-state index contributed by atoms with van der Waals surface area (Å²) in [6, 6.07) is 21.2. The fourth-order valence-electron chi connectivity index (χ4n) is 5.56. The number of aliphatic hydroxyl groups is 1. The van der Waals surface area contributed by atoms with E-state index >= 15 is 0 Å². The second-order valence-electron chi connectivity index (χ2n) is 11.9. The summed E-state index contributed by atoms with van der Waals surface area (Å²) in [7, 11) is 2.07. The van der Waals surface area contributed by atoms with Crippen molar-refractivity contribution in [3.05, 3.63) is 100.0 Å². The van der Waals surface area contributed by atoms with E-state index in [9.17, 15) is 28.4 Å². The molecule has 0 bridgehead atoms. The number of imidazole rings is 1. The van der Waals surface area contributed by atoms with Crippen LogP contribution in [-0.4, -0.2) is 65.3 Å². The zero-order valence-electron chi connectivity index (χ0n) is 26.8. The van der Waals surface area contributed by atoms with Crippen LogP contribution in [0.5, 0.6) is 17.2 Å². The van der Waals surface area contributed by atoms with Gasteiger partial charge in [-0.3, -0.25) is 4.57 Å². The molecule has 11 nitrogen and oxygen atoms in total. The molecule has 0 aliphatic carbocycles. The van der Waals surface area contributed by atoms with Crippen LogP contribution < -0.4 is 24.0 Å². The summed E-state index contributed by atoms with van der Waals surface area (Å²) in [5.74, 6) is 1.24. The number of benzene rings is 3. The van der Waals surface area contributed by atoms with Crippen LogP contribution in [0, 0.1) is 16.0 Å². The van der Waals surface area contributed by atoms with Gasteiger partial charge in [0.05, 0.1) is 6.10 Å². The third-order valence-electron chi connectivity index (χ3n) is 8.24. The first-order valence-electron chi connectivity index (χ1n) is 15.7. The number of nitrogens with zero attached hydrogens (tertiary/aromatic N) is 5. The number of hydrogen-bond acceptors (Lipinski definition) is 9. The van der Waals surface area contributed by atoms with E-state index in [2.05, 4.69) is 26.6 Å². The molecule has 1 saturated heterocycles. The third kappa shape index (κ3) is 10.6. The molecule has 2 heterocycles. The van der Waals surface area contributed by atoms with E-state index in [1.165, 1.54) is 35.0 Å². The van der Waals surface area contributed by atoms with Gasteiger partial charge in [-0.2, -0.15) is 0 Å². The Morgan fingerprint density at radius 3 is 2.22 bits per heavy atom. The second-order valence-corrected chi connectivity index (χ2v) is 12.2. The summed E-state index contributed by atoms with van der Waals surface area (Å²) in [5, 5.41) is 21.2. The number of aliphatic hydroxyl groups excluding tert-OH is 1. The van der Waals surface area contributed by atoms with E-state index in [1.807, 2.05) is 48.5 Å². The number of hydrogen-bond donors (Lipinski definition) is 1. The van der Waals surface area contributed by atoms with Crippen LogP contribution in [0.15, 0.2) is 79.0 Å². The first kappa shape index (κ1) is 35.6. The number of aryl methyl sites for hydroxylation is 1. The average molecular weight is 704 g/mol. The molecule has 15 heteroatoms. The first-order valence-corrected chi connectivity index (χ1v) is 16.1. The van der Waals surface area contributed by atoms with Crippen LogP contribution in [0.4, 0.5) is 30.4 Å². The van der Waals surface area contributed by atoms with E-state index < -0.39 is 17.4 Å². The van der Waals surface area contributed by atoms with Gasteiger partial charge >= 0.3 is 17.5 Å². The molecule has 5 rings (SSSR count). The van der Waals surface area contributed by atoms with Gasteiger partial charge in [0, 0.05) is 44.6 Å². The molecule has 262 valence electrons. The predicted octanol–water partition coefficient (Wildman–Crippen LogP) is 7.11. The number of nitro groups is 1. The summed E-state index contributed by atoms with van der Waals surface area (Å²) in [6.07, 6.45) is -1.87. The van der Waals surface area contributed by atoms with Crippen molar-refractivity contribution < 1.29 is 37.4 Å². The lowest BCUT2D eigenvalue weighted by Gasteiger charge is -2.35. The van der Waals surface area contributed by atoms with Crippen molar-refractivity contribution in [1.29, 1.82) is 0 Å². The highest BCUT2D eigenvalue weighted by atomic mass is 35.5. The van der Waals surface area contributed by atoms with Gasteiger partial charge in [-0.25, -0.2) is 0 Å². The highest BCUT2D eigenvalue weighted by Crippen LogP contribution is 2.28. The van der Waals surface area contributed by atoms with E-state index in [1.54, 1.807) is 0 Å². The molecule has 1 aromatic heterocycles. The Morgan fingerprint density at radius 2 is 1.61 bits per heavy atom. The minimum absolute atomic E-state index is 0.00212. The lowest BCUT2D eigenvalue weighted by Crippen LogP contribution is -2.37. The van der Waals surface area contributed by atoms with Crippen molar-refractivity contribution in [2.45, 2.75) is 44.9 Å². The van der Waals surface area contributed by atoms with Crippen LogP contribution in [0.25, 0.3) is 0 Å². The second kappa shape index (κ2) is 16.1. The Balaban J connectivity index is 0.997. The Bertz CT molecular complexity index is 1650. The topological polar surface area (TPSA) is 115 Å². The molecule has 49 heavy (non-hydrogen) atoms. The SMILES string of the molecule is CN(CC1CCN(c2ccc(OC[C@H](O)CCn3cc([N+](=O)[O-])nc3Cl)cc2)CC1)c1ccc(OCc2ccc(OC(F)(F)F)cc2)cc1. The van der Waals surface area contributed by atoms with E-state index in [0.29, 0.717) is 23.8 Å². The summed E-state index contributed by atoms with van der Waals surface area (Å²) >= 11 is 5.93. The normalized spacial score (nSPS) is 14.4. The van der Waals surface area contributed by atoms with Gasteiger partial charge in [0.15, 0.2) is 0 Å². The maximum absolute atomic E-state index is 12.4. The molecule has 0 spiro atoms. The van der Waals surface area contributed by atoms with E-state index in [-0.39, 0.29) is 36.6 Å². The van der Waals surface area contributed by atoms with Crippen molar-refractivity contribution in [2.24, 2.45) is 5.92 Å². The Morgan fingerprint density at radius 1 is 1.00 bits per heavy atom. The molecule has 1 N–H and O–H groups in total. The van der Waals surface area contributed by atoms with Crippen molar-refractivity contribution >= 4 is 28.8 Å². The van der Waals surface area contributed by atoms with Gasteiger partial charge in [0.1, 0.15) is 36.7 Å². The third-order valence-corrected chi connectivity index (χ3v) is 8.54. The van der Waals surface area contributed by atoms with Crippen LogP contribution in [0.1, 0.15) is 24.8 Å². The molecule has 0 radical (unpaired) electrons. The lowest BCUT2D eigenvalue weighted by atomic mass is 9.95. The van der Waals surface area contributed by atoms with E-state index in [4.69, 9.17) is 21.1 Å². The van der Waals surface area contributed by atoms with Crippen LogP contribution in [0.2, 0.25) is 5.28 Å². The molecular formula is C34H37ClF3N5O6. The van der Waals surface area contributed by atoms with Gasteiger partial charge in [-0.05, 0) is 113 Å². The van der Waals surface area contributed by atoms with Crippen molar-refractivity contribution in [1.82, 2.24) is 9.55 Å². The molecule has 1 aliphatic rings. The predicted molar refractivity (Wildman–Crippen MR) is 179 cm³/mol. The maximum atomic E-state index is 12.4. The smallest absolute Gasteiger partial charge is 0.491 e. The standard InChI is InChI=1S/C34H37ClF3N5O6/c1-40(26-4-10-29(11-5-26)47-22-25-2-8-31(9-3-25)49-34(36,37)38)20-24-14-17-41(18-15-24)27-6-12-30(13-7-27)48-23-28(44)16-19-42-21-32(43(45)46)39-33(42)35/h2-13,21,24,28,44H,14-20,22-23H2,1H3/t28-/m1/s1. The summed E-state index contributed by atoms with van der Waals surface area (Å²) in [6.45, 7) is 3.35. The molecule has 0 amide bonds. The number of anilines is 2. The van der Waals surface area contributed by atoms with Crippen molar-refractivity contribution in [2.75, 3.05) is 43.1 Å². The van der Waals surface area contributed by atoms with Crippen molar-refractivity contribution in [3.8, 4) is 17.2 Å². The summed E-state index contributed by atoms with van der Waals surface area (Å²) in [4.78, 5) is 18.5. The number of aromatic nitrogens is 2. The minimum atomic E-state index is -4.72. The quantitative estimate of drug-likeness (QED) is 0.102. The number of piperidine rings is 1. The summed E-state index contributed by atoms with van der Waals surface area (Å²) < 4.78 is 53.9. The van der Waals surface area contributed by atoms with E-state index in [0.717, 1.165) is 49.4 Å². The molecule has 1 fully saturated rings. The largest absolute Gasteiger partial charge is 0.573 e. The number of ether oxygens (including phenoxy) is 3. The Kier molecular flexibility index (Phi) is 11.7. The van der Waals surface area contributed by atoms with Crippen LogP contribution in [-0.2, 0) is 13.2 Å². The average Bonchev–Trinajstić information content (AvgIpc) is 3.47. The Hall–Kier alpha value is -4.69. The highest BCUT2D eigenvalue weighted by molar-refractivity contribution is 6.28. The Labute approximate surface area is 286 Å². The maximum Gasteiger partial charge on any atom is 0.573 e. The molecule has 0 saturated carbocycles. The molecule has 1 aliphatic heterocycles. The first-order chi connectivity index (χ1) is 23.4. The van der Waals surface area contributed by atoms with Crippen molar-refractivity contribution in [3.63, 3.8) is 0 Å². The number of alkyl halides is 3. The van der Waals surface area contributed by atoms with Crippen LogP contribution in [0.3, 0.4) is 0 Å². The molecular weight excluding hydrogens is 667 g/mol. The van der Waals surface area contributed by atoms with Gasteiger partial charge < -0.3 is 39.2 Å². The zero-order valence-corrected chi connectivity index (χ0v) is 27.5. The highest BCUT2D eigenvalue weighted by Gasteiger charge is 2.31. The zero-order chi connectivity index (χ0) is 35.0. The number of rotatable bonds is 15. The van der Waals surface area contributed by atoms with Gasteiger partial charge in [-0.15, -0.1) is 13.2 Å². The molecule has 4 aromatic rings. The fourth-order valence-corrected chi connectivity index (χ4v) is 5.78. The summed E-state index contributed by atoms with van der Waals surface area (Å²) in [5.41, 5.74) is 2.90. The minimum Gasteiger partial charge on any atom is -0.491 e. The van der Waals surface area contributed by atoms with Gasteiger partial charge in [-0.1, -0.05) is 12.1 Å². The molecule has 3 aromatic carbocycles. The lowest BCUT2D eigenvalue weighted by molar-refractivity contribution is -0.389. The van der Waals surface area contributed by atoms with Gasteiger partial charge in [0.25, 0.3) is 0 Å². The van der Waals surface area contributed by atoms with Gasteiger partial charge in [0.2, 0.25) is 0 Å². The fraction of sp³-hybridized carbons (Fsp3) is 0.382. The van der Waals surface area contributed by atoms with Crippen LogP contribution >= 0.6 is 11.6 Å². The molecule has 0 unspecified atom stereocenters. The number of halogens is 4. The monoisotopic (exact) mass is 703 g/mol.